The summed E-state index contributed by atoms with van der Waals surface area (Å²) >= 11 is 0. The zero-order valence-corrected chi connectivity index (χ0v) is 8.01. The summed E-state index contributed by atoms with van der Waals surface area (Å²) in [7, 11) is 0. The van der Waals surface area contributed by atoms with Crippen molar-refractivity contribution in [3.8, 4) is 11.4 Å². The summed E-state index contributed by atoms with van der Waals surface area (Å²) in [6, 6.07) is 9.10. The van der Waals surface area contributed by atoms with Crippen molar-refractivity contribution >= 4 is 5.84 Å². The van der Waals surface area contributed by atoms with Crippen LogP contribution in [0.3, 0.4) is 0 Å². The van der Waals surface area contributed by atoms with Crippen LogP contribution in [0.25, 0.3) is 11.4 Å². The van der Waals surface area contributed by atoms with Crippen molar-refractivity contribution < 1.29 is 0 Å². The predicted octanol–water partition coefficient (Wildman–Crippen LogP) is 1.43. The van der Waals surface area contributed by atoms with Crippen molar-refractivity contribution in [3.63, 3.8) is 0 Å². The molecule has 3 N–H and O–H groups in total. The van der Waals surface area contributed by atoms with Gasteiger partial charge in [0.15, 0.2) is 5.82 Å². The predicted molar refractivity (Wildman–Crippen MR) is 58.5 cm³/mol. The van der Waals surface area contributed by atoms with E-state index in [1.807, 2.05) is 18.2 Å². The minimum absolute atomic E-state index is 0.0260. The fourth-order valence-corrected chi connectivity index (χ4v) is 1.35. The zero-order valence-electron chi connectivity index (χ0n) is 8.01. The molecule has 0 saturated carbocycles. The van der Waals surface area contributed by atoms with Crippen LogP contribution in [0.15, 0.2) is 42.7 Å². The van der Waals surface area contributed by atoms with Gasteiger partial charge in [-0.1, -0.05) is 24.3 Å². The molecule has 0 unspecified atom stereocenters. The molecule has 0 aliphatic carbocycles. The largest absolute Gasteiger partial charge is 0.384 e. The Balaban J connectivity index is 2.58. The second-order valence-electron chi connectivity index (χ2n) is 3.03. The molecule has 2 rings (SSSR count). The molecule has 1 aromatic heterocycles. The van der Waals surface area contributed by atoms with Gasteiger partial charge < -0.3 is 5.73 Å². The summed E-state index contributed by atoms with van der Waals surface area (Å²) in [5.74, 6) is 0.612. The van der Waals surface area contributed by atoms with Crippen LogP contribution in [0.2, 0.25) is 0 Å². The maximum absolute atomic E-state index is 7.45. The van der Waals surface area contributed by atoms with Crippen molar-refractivity contribution in [2.24, 2.45) is 5.73 Å². The molecule has 0 spiro atoms. The van der Waals surface area contributed by atoms with Gasteiger partial charge in [-0.15, -0.1) is 0 Å². The Kier molecular flexibility index (Phi) is 2.41. The van der Waals surface area contributed by atoms with E-state index in [-0.39, 0.29) is 5.84 Å². The Hall–Kier alpha value is -2.23. The van der Waals surface area contributed by atoms with Gasteiger partial charge >= 0.3 is 0 Å². The second kappa shape index (κ2) is 3.88. The number of hydrogen-bond acceptors (Lipinski definition) is 3. The minimum atomic E-state index is 0.0260. The topological polar surface area (TPSA) is 75.7 Å². The van der Waals surface area contributed by atoms with Crippen LogP contribution in [0.4, 0.5) is 0 Å². The highest BCUT2D eigenvalue weighted by Crippen LogP contribution is 2.18. The zero-order chi connectivity index (χ0) is 10.7. The highest BCUT2D eigenvalue weighted by molar-refractivity contribution is 6.00. The summed E-state index contributed by atoms with van der Waals surface area (Å²) in [4.78, 5) is 8.26. The number of nitrogen functional groups attached to an aromatic ring is 1. The molecule has 74 valence electrons. The summed E-state index contributed by atoms with van der Waals surface area (Å²) in [5, 5.41) is 7.45. The number of nitrogens with one attached hydrogen (secondary N) is 1. The Morgan fingerprint density at radius 1 is 1.07 bits per heavy atom. The number of aromatic nitrogens is 2. The van der Waals surface area contributed by atoms with Crippen LogP contribution in [-0.2, 0) is 0 Å². The molecule has 2 aromatic rings. The lowest BCUT2D eigenvalue weighted by atomic mass is 10.1. The first-order valence-electron chi connectivity index (χ1n) is 4.50. The van der Waals surface area contributed by atoms with E-state index < -0.39 is 0 Å². The van der Waals surface area contributed by atoms with Gasteiger partial charge in [0.1, 0.15) is 5.84 Å². The van der Waals surface area contributed by atoms with Crippen molar-refractivity contribution in [2.75, 3.05) is 0 Å². The van der Waals surface area contributed by atoms with Crippen molar-refractivity contribution in [1.29, 1.82) is 5.41 Å². The number of rotatable bonds is 2. The SMILES string of the molecule is N=C(N)c1ccccc1-c1ncccn1. The Morgan fingerprint density at radius 2 is 1.73 bits per heavy atom. The van der Waals surface area contributed by atoms with Gasteiger partial charge in [-0.3, -0.25) is 5.41 Å². The number of benzene rings is 1. The molecule has 0 bridgehead atoms. The molecule has 15 heavy (non-hydrogen) atoms. The third-order valence-corrected chi connectivity index (χ3v) is 2.02. The average molecular weight is 198 g/mol. The van der Waals surface area contributed by atoms with Crippen LogP contribution >= 0.6 is 0 Å². The Morgan fingerprint density at radius 3 is 2.40 bits per heavy atom. The second-order valence-corrected chi connectivity index (χ2v) is 3.03. The van der Waals surface area contributed by atoms with Crippen molar-refractivity contribution in [3.05, 3.63) is 48.3 Å². The van der Waals surface area contributed by atoms with Crippen molar-refractivity contribution in [1.82, 2.24) is 9.97 Å². The van der Waals surface area contributed by atoms with Gasteiger partial charge in [0.2, 0.25) is 0 Å². The van der Waals surface area contributed by atoms with Gasteiger partial charge in [0, 0.05) is 23.5 Å². The minimum Gasteiger partial charge on any atom is -0.384 e. The van der Waals surface area contributed by atoms with E-state index in [4.69, 9.17) is 11.1 Å². The summed E-state index contributed by atoms with van der Waals surface area (Å²) in [6.07, 6.45) is 3.33. The first-order chi connectivity index (χ1) is 7.29. The van der Waals surface area contributed by atoms with Gasteiger partial charge in [0.25, 0.3) is 0 Å². The molecule has 4 nitrogen and oxygen atoms in total. The monoisotopic (exact) mass is 198 g/mol. The number of nitrogens with two attached hydrogens (primary N) is 1. The van der Waals surface area contributed by atoms with E-state index in [0.717, 1.165) is 5.56 Å². The molecule has 0 amide bonds. The quantitative estimate of drug-likeness (QED) is 0.566. The maximum atomic E-state index is 7.45. The third-order valence-electron chi connectivity index (χ3n) is 2.02. The lowest BCUT2D eigenvalue weighted by Crippen LogP contribution is -2.12. The van der Waals surface area contributed by atoms with Crippen LogP contribution in [0, 0.1) is 5.41 Å². The molecule has 1 heterocycles. The molecular formula is C11H10N4. The maximum Gasteiger partial charge on any atom is 0.159 e. The fourth-order valence-electron chi connectivity index (χ4n) is 1.35. The summed E-state index contributed by atoms with van der Waals surface area (Å²) in [6.45, 7) is 0. The standard InChI is InChI=1S/C11H10N4/c12-10(13)8-4-1-2-5-9(8)11-14-6-3-7-15-11/h1-7H,(H3,12,13). The van der Waals surface area contributed by atoms with E-state index in [1.54, 1.807) is 24.5 Å². The molecular weight excluding hydrogens is 188 g/mol. The normalized spacial score (nSPS) is 9.87. The van der Waals surface area contributed by atoms with Gasteiger partial charge in [-0.2, -0.15) is 0 Å². The fraction of sp³-hybridized carbons (Fsp3) is 0. The first-order valence-corrected chi connectivity index (χ1v) is 4.50. The van der Waals surface area contributed by atoms with E-state index in [0.29, 0.717) is 11.4 Å². The molecule has 0 atom stereocenters. The Labute approximate surface area is 87.3 Å². The van der Waals surface area contributed by atoms with E-state index in [1.165, 1.54) is 0 Å². The molecule has 0 radical (unpaired) electrons. The average Bonchev–Trinajstić information content (AvgIpc) is 2.30. The number of nitrogens with zero attached hydrogens (tertiary/aromatic N) is 2. The lowest BCUT2D eigenvalue weighted by molar-refractivity contribution is 1.17. The molecule has 0 aliphatic heterocycles. The molecule has 0 saturated heterocycles. The van der Waals surface area contributed by atoms with Crippen LogP contribution in [0.1, 0.15) is 5.56 Å². The molecule has 1 aromatic carbocycles. The molecule has 0 aliphatic rings. The van der Waals surface area contributed by atoms with E-state index >= 15 is 0 Å². The summed E-state index contributed by atoms with van der Waals surface area (Å²) < 4.78 is 0. The lowest BCUT2D eigenvalue weighted by Gasteiger charge is -2.05. The highest BCUT2D eigenvalue weighted by atomic mass is 14.9. The van der Waals surface area contributed by atoms with Crippen LogP contribution in [-0.4, -0.2) is 15.8 Å². The van der Waals surface area contributed by atoms with Gasteiger partial charge in [0.05, 0.1) is 0 Å². The smallest absolute Gasteiger partial charge is 0.159 e. The van der Waals surface area contributed by atoms with Gasteiger partial charge in [-0.25, -0.2) is 9.97 Å². The number of hydrogen-bond donors (Lipinski definition) is 2. The van der Waals surface area contributed by atoms with Gasteiger partial charge in [-0.05, 0) is 6.07 Å². The highest BCUT2D eigenvalue weighted by Gasteiger charge is 2.07. The van der Waals surface area contributed by atoms with E-state index in [2.05, 4.69) is 9.97 Å². The molecule has 4 heteroatoms. The van der Waals surface area contributed by atoms with E-state index in [9.17, 15) is 0 Å². The first kappa shape index (κ1) is 9.33. The Bertz CT molecular complexity index is 479. The van der Waals surface area contributed by atoms with Crippen LogP contribution < -0.4 is 5.73 Å². The van der Waals surface area contributed by atoms with Crippen molar-refractivity contribution in [2.45, 2.75) is 0 Å². The molecule has 0 fully saturated rings. The summed E-state index contributed by atoms with van der Waals surface area (Å²) in [5.41, 5.74) is 6.92. The van der Waals surface area contributed by atoms with Crippen LogP contribution in [0.5, 0.6) is 0 Å². The number of amidine groups is 1. The third kappa shape index (κ3) is 1.83.